The minimum absolute atomic E-state index is 0.136. The van der Waals surface area contributed by atoms with E-state index in [9.17, 15) is 8.42 Å². The summed E-state index contributed by atoms with van der Waals surface area (Å²) in [5, 5.41) is 0.311. The van der Waals surface area contributed by atoms with Crippen LogP contribution >= 0.6 is 11.6 Å². The molecule has 1 atom stereocenters. The summed E-state index contributed by atoms with van der Waals surface area (Å²) < 4.78 is 33.5. The maximum atomic E-state index is 12.6. The van der Waals surface area contributed by atoms with Crippen molar-refractivity contribution in [3.05, 3.63) is 22.7 Å². The fourth-order valence-electron chi connectivity index (χ4n) is 2.57. The average Bonchev–Trinajstić information content (AvgIpc) is 2.31. The van der Waals surface area contributed by atoms with Gasteiger partial charge in [0.25, 0.3) is 0 Å². The predicted octanol–water partition coefficient (Wildman–Crippen LogP) is 2.47. The predicted molar refractivity (Wildman–Crippen MR) is 84.0 cm³/mol. The van der Waals surface area contributed by atoms with Crippen LogP contribution in [0.15, 0.2) is 17.0 Å². The molecule has 0 amide bonds. The molecule has 0 aromatic heterocycles. The quantitative estimate of drug-likeness (QED) is 0.833. The van der Waals surface area contributed by atoms with E-state index in [0.29, 0.717) is 35.7 Å². The zero-order valence-corrected chi connectivity index (χ0v) is 14.0. The van der Waals surface area contributed by atoms with Crippen LogP contribution in [0.3, 0.4) is 0 Å². The van der Waals surface area contributed by atoms with Crippen LogP contribution in [0.25, 0.3) is 0 Å². The number of nitrogen functional groups attached to an aromatic ring is 1. The molecule has 21 heavy (non-hydrogen) atoms. The van der Waals surface area contributed by atoms with Gasteiger partial charge >= 0.3 is 0 Å². The van der Waals surface area contributed by atoms with Gasteiger partial charge in [0.1, 0.15) is 0 Å². The van der Waals surface area contributed by atoms with Gasteiger partial charge in [0.15, 0.2) is 0 Å². The Morgan fingerprint density at radius 1 is 1.43 bits per heavy atom. The molecule has 3 N–H and O–H groups in total. The van der Waals surface area contributed by atoms with Crippen LogP contribution in [0.1, 0.15) is 32.3 Å². The first-order valence-corrected chi connectivity index (χ1v) is 8.69. The van der Waals surface area contributed by atoms with Crippen molar-refractivity contribution in [1.82, 2.24) is 4.72 Å². The Balaban J connectivity index is 2.27. The summed E-state index contributed by atoms with van der Waals surface area (Å²) in [6.07, 6.45) is 1.28. The van der Waals surface area contributed by atoms with Crippen LogP contribution in [-0.4, -0.2) is 26.7 Å². The highest BCUT2D eigenvalue weighted by Gasteiger charge is 2.32. The van der Waals surface area contributed by atoms with Gasteiger partial charge in [0, 0.05) is 23.4 Å². The van der Waals surface area contributed by atoms with Crippen molar-refractivity contribution < 1.29 is 13.2 Å². The zero-order chi connectivity index (χ0) is 15.8. The molecule has 0 radical (unpaired) electrons. The maximum Gasteiger partial charge on any atom is 0.241 e. The Morgan fingerprint density at radius 3 is 2.71 bits per heavy atom. The summed E-state index contributed by atoms with van der Waals surface area (Å²) in [6, 6.07) is 2.83. The van der Waals surface area contributed by atoms with Crippen molar-refractivity contribution in [3.63, 3.8) is 0 Å². The van der Waals surface area contributed by atoms with Crippen molar-refractivity contribution in [3.8, 4) is 0 Å². The average molecular weight is 333 g/mol. The summed E-state index contributed by atoms with van der Waals surface area (Å²) in [4.78, 5) is 0.136. The lowest BCUT2D eigenvalue weighted by Crippen LogP contribution is -2.45. The third-order valence-electron chi connectivity index (χ3n) is 3.67. The Hall–Kier alpha value is -0.820. The zero-order valence-electron chi connectivity index (χ0n) is 12.4. The molecule has 0 bridgehead atoms. The van der Waals surface area contributed by atoms with Crippen LogP contribution in [0.5, 0.6) is 0 Å². The van der Waals surface area contributed by atoms with Gasteiger partial charge < -0.3 is 10.5 Å². The van der Waals surface area contributed by atoms with E-state index < -0.39 is 10.0 Å². The Bertz CT molecular complexity index is 644. The summed E-state index contributed by atoms with van der Waals surface area (Å²) >= 11 is 5.92. The van der Waals surface area contributed by atoms with Crippen LogP contribution in [0.4, 0.5) is 5.69 Å². The normalized spacial score (nSPS) is 22.2. The molecule has 0 aliphatic carbocycles. The number of anilines is 1. The second-order valence-electron chi connectivity index (χ2n) is 6.04. The van der Waals surface area contributed by atoms with E-state index in [2.05, 4.69) is 4.72 Å². The summed E-state index contributed by atoms with van der Waals surface area (Å²) in [7, 11) is -3.66. The first-order chi connectivity index (χ1) is 9.61. The minimum Gasteiger partial charge on any atom is -0.398 e. The lowest BCUT2D eigenvalue weighted by molar-refractivity contribution is -0.0599. The number of nitrogens with two attached hydrogens (primary N) is 1. The maximum absolute atomic E-state index is 12.6. The first-order valence-electron chi connectivity index (χ1n) is 6.83. The highest BCUT2D eigenvalue weighted by atomic mass is 35.5. The number of sulfonamides is 1. The summed E-state index contributed by atoms with van der Waals surface area (Å²) in [5.41, 5.74) is 6.35. The molecule has 0 spiro atoms. The topological polar surface area (TPSA) is 81.4 Å². The highest BCUT2D eigenvalue weighted by Crippen LogP contribution is 2.28. The molecule has 1 aliphatic heterocycles. The van der Waals surface area contributed by atoms with E-state index >= 15 is 0 Å². The van der Waals surface area contributed by atoms with E-state index in [4.69, 9.17) is 22.1 Å². The molecule has 0 saturated carbocycles. The molecule has 1 fully saturated rings. The van der Waals surface area contributed by atoms with Crippen LogP contribution in [0.2, 0.25) is 5.02 Å². The van der Waals surface area contributed by atoms with Gasteiger partial charge in [0.05, 0.1) is 10.5 Å². The van der Waals surface area contributed by atoms with E-state index in [1.54, 1.807) is 13.0 Å². The Labute approximate surface area is 130 Å². The SMILES string of the molecule is Cc1c(N)cc(Cl)cc1S(=O)(=O)NC1CCOC(C)(C)C1. The number of rotatable bonds is 3. The summed E-state index contributed by atoms with van der Waals surface area (Å²) in [6.45, 7) is 6.12. The van der Waals surface area contributed by atoms with Crippen molar-refractivity contribution in [1.29, 1.82) is 0 Å². The number of ether oxygens (including phenoxy) is 1. The highest BCUT2D eigenvalue weighted by molar-refractivity contribution is 7.89. The van der Waals surface area contributed by atoms with E-state index in [1.165, 1.54) is 6.07 Å². The van der Waals surface area contributed by atoms with Gasteiger partial charge in [-0.3, -0.25) is 0 Å². The minimum atomic E-state index is -3.66. The third-order valence-corrected chi connectivity index (χ3v) is 5.54. The smallest absolute Gasteiger partial charge is 0.241 e. The molecular weight excluding hydrogens is 312 g/mol. The lowest BCUT2D eigenvalue weighted by atomic mass is 9.95. The van der Waals surface area contributed by atoms with Gasteiger partial charge in [-0.15, -0.1) is 0 Å². The molecule has 1 aromatic carbocycles. The standard InChI is InChI=1S/C14H21ClN2O3S/c1-9-12(16)6-10(15)7-13(9)21(18,19)17-11-4-5-20-14(2,3)8-11/h6-7,11,17H,4-5,8,16H2,1-3H3. The number of hydrogen-bond donors (Lipinski definition) is 2. The van der Waals surface area contributed by atoms with E-state index in [0.717, 1.165) is 0 Å². The van der Waals surface area contributed by atoms with Crippen molar-refractivity contribution in [2.24, 2.45) is 0 Å². The molecule has 1 aliphatic rings. The van der Waals surface area contributed by atoms with Crippen LogP contribution in [0, 0.1) is 6.92 Å². The molecule has 5 nitrogen and oxygen atoms in total. The fraction of sp³-hybridized carbons (Fsp3) is 0.571. The Kier molecular flexibility index (Phi) is 4.54. The van der Waals surface area contributed by atoms with Gasteiger partial charge in [-0.05, 0) is 51.3 Å². The second-order valence-corrected chi connectivity index (χ2v) is 8.16. The molecule has 118 valence electrons. The number of nitrogens with one attached hydrogen (secondary N) is 1. The number of hydrogen-bond acceptors (Lipinski definition) is 4. The van der Waals surface area contributed by atoms with Gasteiger partial charge in [-0.25, -0.2) is 13.1 Å². The molecule has 7 heteroatoms. The van der Waals surface area contributed by atoms with Gasteiger partial charge in [-0.2, -0.15) is 0 Å². The molecule has 2 rings (SSSR count). The van der Waals surface area contributed by atoms with E-state index in [1.807, 2.05) is 13.8 Å². The third kappa shape index (κ3) is 3.88. The molecule has 1 saturated heterocycles. The molecule has 1 aromatic rings. The molecule has 1 unspecified atom stereocenters. The van der Waals surface area contributed by atoms with E-state index in [-0.39, 0.29) is 16.5 Å². The molecular formula is C14H21ClN2O3S. The van der Waals surface area contributed by atoms with Crippen molar-refractivity contribution in [2.45, 2.75) is 50.2 Å². The lowest BCUT2D eigenvalue weighted by Gasteiger charge is -2.35. The van der Waals surface area contributed by atoms with Gasteiger partial charge in [-0.1, -0.05) is 11.6 Å². The second kappa shape index (κ2) is 5.76. The number of benzene rings is 1. The molecule has 1 heterocycles. The fourth-order valence-corrected chi connectivity index (χ4v) is 4.43. The largest absolute Gasteiger partial charge is 0.398 e. The summed E-state index contributed by atoms with van der Waals surface area (Å²) in [5.74, 6) is 0. The Morgan fingerprint density at radius 2 is 2.10 bits per heavy atom. The monoisotopic (exact) mass is 332 g/mol. The first kappa shape index (κ1) is 16.5. The van der Waals surface area contributed by atoms with Crippen molar-refractivity contribution >= 4 is 27.3 Å². The van der Waals surface area contributed by atoms with Crippen LogP contribution < -0.4 is 10.5 Å². The van der Waals surface area contributed by atoms with Crippen LogP contribution in [-0.2, 0) is 14.8 Å². The van der Waals surface area contributed by atoms with Crippen molar-refractivity contribution in [2.75, 3.05) is 12.3 Å². The van der Waals surface area contributed by atoms with Gasteiger partial charge in [0.2, 0.25) is 10.0 Å². The number of halogens is 1.